The van der Waals surface area contributed by atoms with E-state index >= 15 is 0 Å². The molecule has 0 saturated carbocycles. The molecule has 1 aromatic rings. The predicted molar refractivity (Wildman–Crippen MR) is 107 cm³/mol. The average Bonchev–Trinajstić information content (AvgIpc) is 2.84. The number of halogens is 6. The summed E-state index contributed by atoms with van der Waals surface area (Å²) in [5.74, 6) is -10.3. The van der Waals surface area contributed by atoms with Crippen LogP contribution in [0.2, 0.25) is 0 Å². The van der Waals surface area contributed by atoms with Crippen molar-refractivity contribution in [2.45, 2.75) is 43.7 Å². The Kier molecular flexibility index (Phi) is 8.27. The second-order valence-corrected chi connectivity index (χ2v) is 7.83. The molecule has 0 aliphatic carbocycles. The number of carbonyl (C=O) groups is 3. The zero-order chi connectivity index (χ0) is 26.8. The lowest BCUT2D eigenvalue weighted by Crippen LogP contribution is -2.63. The highest BCUT2D eigenvalue weighted by atomic mass is 19.4. The summed E-state index contributed by atoms with van der Waals surface area (Å²) in [4.78, 5) is 38.9. The Bertz CT molecular complexity index is 971. The maximum absolute atomic E-state index is 13.8. The van der Waals surface area contributed by atoms with E-state index in [4.69, 9.17) is 9.47 Å². The fraction of sp³-hybridized carbons (Fsp3) is 0.550. The zero-order valence-electron chi connectivity index (χ0n) is 18.7. The molecular formula is C20H23F6N3O6. The van der Waals surface area contributed by atoms with Crippen molar-refractivity contribution in [3.05, 3.63) is 24.0 Å². The molecule has 1 aliphatic heterocycles. The summed E-state index contributed by atoms with van der Waals surface area (Å²) in [7, 11) is 1.34. The first-order chi connectivity index (χ1) is 16.0. The number of methoxy groups -OCH3 is 1. The minimum absolute atomic E-state index is 0.00883. The highest BCUT2D eigenvalue weighted by Gasteiger charge is 2.58. The van der Waals surface area contributed by atoms with Gasteiger partial charge in [-0.25, -0.2) is 4.39 Å². The Morgan fingerprint density at radius 3 is 2.40 bits per heavy atom. The van der Waals surface area contributed by atoms with Crippen LogP contribution in [-0.4, -0.2) is 79.5 Å². The number of benzene rings is 1. The second kappa shape index (κ2) is 10.3. The van der Waals surface area contributed by atoms with Crippen LogP contribution in [0.5, 0.6) is 5.75 Å². The standard InChI is InChI=1S/C20H23F6N3O6/c1-10-14(15(30)29(6-7-34-3)12-8-11(21)4-5-13(12)35-10)28-17(32)18(2,33)16(31)27-9-19(22,23)20(24,25)26/h4-5,8,10,14,33H,6-7,9H2,1-3H3,(H,27,31)(H,28,32). The molecule has 35 heavy (non-hydrogen) atoms. The van der Waals surface area contributed by atoms with Crippen molar-refractivity contribution in [2.75, 3.05) is 31.7 Å². The first kappa shape index (κ1) is 28.2. The molecule has 9 nitrogen and oxygen atoms in total. The molecule has 1 aromatic carbocycles. The Balaban J connectivity index is 2.24. The van der Waals surface area contributed by atoms with Gasteiger partial charge < -0.3 is 30.1 Å². The van der Waals surface area contributed by atoms with Gasteiger partial charge in [0.1, 0.15) is 23.7 Å². The van der Waals surface area contributed by atoms with Crippen molar-refractivity contribution < 1.29 is 55.3 Å². The van der Waals surface area contributed by atoms with Crippen molar-refractivity contribution in [3.8, 4) is 5.75 Å². The maximum Gasteiger partial charge on any atom is 0.455 e. The number of amides is 3. The highest BCUT2D eigenvalue weighted by Crippen LogP contribution is 2.35. The molecule has 0 aromatic heterocycles. The summed E-state index contributed by atoms with van der Waals surface area (Å²) in [6.07, 6.45) is -7.12. The largest absolute Gasteiger partial charge is 0.486 e. The van der Waals surface area contributed by atoms with Crippen molar-refractivity contribution >= 4 is 23.4 Å². The first-order valence-corrected chi connectivity index (χ1v) is 10.1. The zero-order valence-corrected chi connectivity index (χ0v) is 18.7. The van der Waals surface area contributed by atoms with E-state index in [-0.39, 0.29) is 24.6 Å². The van der Waals surface area contributed by atoms with Gasteiger partial charge in [-0.05, 0) is 26.0 Å². The van der Waals surface area contributed by atoms with E-state index in [1.54, 1.807) is 0 Å². The topological polar surface area (TPSA) is 117 Å². The monoisotopic (exact) mass is 515 g/mol. The van der Waals surface area contributed by atoms with Crippen molar-refractivity contribution in [1.29, 1.82) is 0 Å². The normalized spacial score (nSPS) is 20.3. The number of ether oxygens (including phenoxy) is 2. The van der Waals surface area contributed by atoms with Crippen LogP contribution in [0.3, 0.4) is 0 Å². The first-order valence-electron chi connectivity index (χ1n) is 10.1. The van der Waals surface area contributed by atoms with Gasteiger partial charge >= 0.3 is 12.1 Å². The highest BCUT2D eigenvalue weighted by molar-refractivity contribution is 6.10. The quantitative estimate of drug-likeness (QED) is 0.353. The van der Waals surface area contributed by atoms with E-state index in [0.717, 1.165) is 17.0 Å². The van der Waals surface area contributed by atoms with Crippen LogP contribution < -0.4 is 20.3 Å². The van der Waals surface area contributed by atoms with Gasteiger partial charge in [0.15, 0.2) is 0 Å². The number of hydrogen-bond acceptors (Lipinski definition) is 6. The van der Waals surface area contributed by atoms with Gasteiger partial charge in [-0.2, -0.15) is 22.0 Å². The number of nitrogens with zero attached hydrogens (tertiary/aromatic N) is 1. The number of hydrogen-bond donors (Lipinski definition) is 3. The minimum Gasteiger partial charge on any atom is -0.486 e. The third-order valence-corrected chi connectivity index (χ3v) is 5.10. The van der Waals surface area contributed by atoms with Gasteiger partial charge in [0.25, 0.3) is 17.7 Å². The molecular weight excluding hydrogens is 492 g/mol. The summed E-state index contributed by atoms with van der Waals surface area (Å²) in [5.41, 5.74) is -3.14. The smallest absolute Gasteiger partial charge is 0.455 e. The number of carbonyl (C=O) groups excluding carboxylic acids is 3. The van der Waals surface area contributed by atoms with Crippen molar-refractivity contribution in [1.82, 2.24) is 10.6 Å². The number of rotatable bonds is 8. The van der Waals surface area contributed by atoms with Gasteiger partial charge in [0.2, 0.25) is 5.60 Å². The number of fused-ring (bicyclic) bond motifs is 1. The summed E-state index contributed by atoms with van der Waals surface area (Å²) < 4.78 is 87.5. The molecule has 3 atom stereocenters. The summed E-state index contributed by atoms with van der Waals surface area (Å²) in [5, 5.41) is 13.5. The molecule has 1 heterocycles. The lowest BCUT2D eigenvalue weighted by atomic mass is 10.0. The lowest BCUT2D eigenvalue weighted by molar-refractivity contribution is -0.278. The van der Waals surface area contributed by atoms with E-state index in [0.29, 0.717) is 6.92 Å². The molecule has 15 heteroatoms. The van der Waals surface area contributed by atoms with Crippen LogP contribution >= 0.6 is 0 Å². The fourth-order valence-corrected chi connectivity index (χ4v) is 3.00. The van der Waals surface area contributed by atoms with Crippen LogP contribution in [0.4, 0.5) is 32.0 Å². The second-order valence-electron chi connectivity index (χ2n) is 7.83. The van der Waals surface area contributed by atoms with E-state index in [9.17, 15) is 45.8 Å². The number of aliphatic hydroxyl groups is 1. The van der Waals surface area contributed by atoms with Crippen LogP contribution in [-0.2, 0) is 19.1 Å². The summed E-state index contributed by atoms with van der Waals surface area (Å²) >= 11 is 0. The maximum atomic E-state index is 13.8. The number of alkyl halides is 5. The van der Waals surface area contributed by atoms with Gasteiger partial charge in [0.05, 0.1) is 18.8 Å². The van der Waals surface area contributed by atoms with Gasteiger partial charge in [-0.3, -0.25) is 14.4 Å². The molecule has 0 saturated heterocycles. The van der Waals surface area contributed by atoms with Gasteiger partial charge in [-0.1, -0.05) is 0 Å². The summed E-state index contributed by atoms with van der Waals surface area (Å²) in [6, 6.07) is 1.73. The van der Waals surface area contributed by atoms with Crippen LogP contribution in [0.1, 0.15) is 13.8 Å². The third kappa shape index (κ3) is 6.14. The molecule has 196 valence electrons. The van der Waals surface area contributed by atoms with Gasteiger partial charge in [-0.15, -0.1) is 0 Å². The molecule has 0 fully saturated rings. The van der Waals surface area contributed by atoms with Crippen LogP contribution in [0.25, 0.3) is 0 Å². The SMILES string of the molecule is COCCN1C(=O)C(NC(=O)C(C)(O)C(=O)NCC(F)(F)C(F)(F)F)C(C)Oc2ccc(F)cc21. The van der Waals surface area contributed by atoms with Gasteiger partial charge in [0, 0.05) is 19.7 Å². The molecule has 0 radical (unpaired) electrons. The molecule has 1 aliphatic rings. The third-order valence-electron chi connectivity index (χ3n) is 5.10. The van der Waals surface area contributed by atoms with E-state index < -0.39 is 59.9 Å². The van der Waals surface area contributed by atoms with E-state index in [1.807, 2.05) is 0 Å². The lowest BCUT2D eigenvalue weighted by Gasteiger charge is -2.29. The molecule has 2 rings (SSSR count). The Morgan fingerprint density at radius 1 is 1.20 bits per heavy atom. The molecule has 3 unspecified atom stereocenters. The Hall–Kier alpha value is -3.07. The van der Waals surface area contributed by atoms with Crippen molar-refractivity contribution in [3.63, 3.8) is 0 Å². The average molecular weight is 515 g/mol. The molecule has 3 N–H and O–H groups in total. The van der Waals surface area contributed by atoms with Crippen LogP contribution in [0, 0.1) is 5.82 Å². The minimum atomic E-state index is -5.98. The molecule has 3 amide bonds. The fourth-order valence-electron chi connectivity index (χ4n) is 3.00. The van der Waals surface area contributed by atoms with Crippen molar-refractivity contribution in [2.24, 2.45) is 0 Å². The molecule has 0 spiro atoms. The predicted octanol–water partition coefficient (Wildman–Crippen LogP) is 1.14. The van der Waals surface area contributed by atoms with E-state index in [1.165, 1.54) is 25.4 Å². The van der Waals surface area contributed by atoms with E-state index in [2.05, 4.69) is 5.32 Å². The number of nitrogens with one attached hydrogen (secondary N) is 2. The Labute approximate surface area is 195 Å². The summed E-state index contributed by atoms with van der Waals surface area (Å²) in [6.45, 7) is -0.467. The van der Waals surface area contributed by atoms with Crippen LogP contribution in [0.15, 0.2) is 18.2 Å². The number of anilines is 1. The molecule has 0 bridgehead atoms. The Morgan fingerprint density at radius 2 is 1.83 bits per heavy atom.